The van der Waals surface area contributed by atoms with E-state index in [9.17, 15) is 0 Å². The summed E-state index contributed by atoms with van der Waals surface area (Å²) in [6.07, 6.45) is 7.45. The van der Waals surface area contributed by atoms with Crippen LogP contribution in [0.3, 0.4) is 0 Å². The molecule has 1 aliphatic carbocycles. The number of hydrogen-bond donors (Lipinski definition) is 1. The first-order valence-electron chi connectivity index (χ1n) is 7.17. The van der Waals surface area contributed by atoms with Crippen molar-refractivity contribution in [3.63, 3.8) is 0 Å². The molecule has 0 aromatic carbocycles. The van der Waals surface area contributed by atoms with Gasteiger partial charge in [0.05, 0.1) is 6.61 Å². The molecule has 1 heterocycles. The van der Waals surface area contributed by atoms with Crippen LogP contribution in [0.2, 0.25) is 0 Å². The number of aliphatic hydroxyl groups is 1. The van der Waals surface area contributed by atoms with Gasteiger partial charge >= 0.3 is 0 Å². The minimum Gasteiger partial charge on any atom is -0.395 e. The molecule has 0 aliphatic heterocycles. The Morgan fingerprint density at radius 2 is 2.16 bits per heavy atom. The molecule has 1 N–H and O–H groups in total. The van der Waals surface area contributed by atoms with Gasteiger partial charge in [0.2, 0.25) is 0 Å². The van der Waals surface area contributed by atoms with Gasteiger partial charge < -0.3 is 5.11 Å². The highest BCUT2D eigenvalue weighted by atomic mass is 32.1. The van der Waals surface area contributed by atoms with Crippen molar-refractivity contribution >= 4 is 11.3 Å². The van der Waals surface area contributed by atoms with Gasteiger partial charge in [-0.1, -0.05) is 31.1 Å². The maximum Gasteiger partial charge on any atom is 0.0540 e. The summed E-state index contributed by atoms with van der Waals surface area (Å²) in [7, 11) is 2.24. The Bertz CT molecular complexity index is 437. The van der Waals surface area contributed by atoms with E-state index in [1.807, 2.05) is 0 Å². The average Bonchev–Trinajstić information content (AvgIpc) is 2.88. The fourth-order valence-electron chi connectivity index (χ4n) is 2.65. The summed E-state index contributed by atoms with van der Waals surface area (Å²) < 4.78 is 0. The van der Waals surface area contributed by atoms with E-state index < -0.39 is 0 Å². The second kappa shape index (κ2) is 7.69. The molecule has 1 aromatic heterocycles. The monoisotopic (exact) mass is 277 g/mol. The standard InChI is InChI=1S/C16H23NOS/c1-17(15-8-3-2-4-9-15)12-16-11-14(13-19-16)7-5-6-10-18/h11,13,15,18H,2-4,6,8-10,12H2,1H3. The first-order chi connectivity index (χ1) is 9.29. The SMILES string of the molecule is CN(Cc1cc(C#CCCO)cs1)C1CCCCC1. The quantitative estimate of drug-likeness (QED) is 0.854. The van der Waals surface area contributed by atoms with E-state index in [0.717, 1.165) is 18.2 Å². The van der Waals surface area contributed by atoms with Crippen molar-refractivity contribution in [1.82, 2.24) is 4.90 Å². The third kappa shape index (κ3) is 4.65. The van der Waals surface area contributed by atoms with Gasteiger partial charge in [0.1, 0.15) is 0 Å². The van der Waals surface area contributed by atoms with E-state index in [0.29, 0.717) is 6.42 Å². The minimum atomic E-state index is 0.147. The summed E-state index contributed by atoms with van der Waals surface area (Å²) in [6, 6.07) is 2.95. The molecule has 0 bridgehead atoms. The highest BCUT2D eigenvalue weighted by Crippen LogP contribution is 2.24. The normalized spacial score (nSPS) is 16.4. The molecule has 1 saturated carbocycles. The van der Waals surface area contributed by atoms with Gasteiger partial charge in [-0.2, -0.15) is 0 Å². The number of rotatable bonds is 4. The fourth-order valence-corrected chi connectivity index (χ4v) is 3.52. The molecule has 2 rings (SSSR count). The Kier molecular flexibility index (Phi) is 5.91. The summed E-state index contributed by atoms with van der Waals surface area (Å²) >= 11 is 1.79. The fraction of sp³-hybridized carbons (Fsp3) is 0.625. The molecule has 2 nitrogen and oxygen atoms in total. The summed E-state index contributed by atoms with van der Waals surface area (Å²) in [4.78, 5) is 3.89. The van der Waals surface area contributed by atoms with Crippen LogP contribution in [-0.2, 0) is 6.54 Å². The largest absolute Gasteiger partial charge is 0.395 e. The first-order valence-corrected chi connectivity index (χ1v) is 8.05. The number of hydrogen-bond acceptors (Lipinski definition) is 3. The third-order valence-corrected chi connectivity index (χ3v) is 4.65. The van der Waals surface area contributed by atoms with Crippen molar-refractivity contribution in [3.05, 3.63) is 21.9 Å². The zero-order valence-corrected chi connectivity index (χ0v) is 12.5. The van der Waals surface area contributed by atoms with Crippen LogP contribution < -0.4 is 0 Å². The van der Waals surface area contributed by atoms with Gasteiger partial charge in [-0.15, -0.1) is 11.3 Å². The smallest absolute Gasteiger partial charge is 0.0540 e. The molecular formula is C16H23NOS. The Balaban J connectivity index is 1.87. The molecule has 0 saturated heterocycles. The third-order valence-electron chi connectivity index (χ3n) is 3.73. The second-order valence-corrected chi connectivity index (χ2v) is 6.28. The lowest BCUT2D eigenvalue weighted by molar-refractivity contribution is 0.186. The molecule has 0 unspecified atom stereocenters. The number of nitrogens with zero attached hydrogens (tertiary/aromatic N) is 1. The Morgan fingerprint density at radius 1 is 1.37 bits per heavy atom. The van der Waals surface area contributed by atoms with Crippen LogP contribution in [0, 0.1) is 11.8 Å². The predicted octanol–water partition coefficient (Wildman–Crippen LogP) is 3.25. The molecule has 1 fully saturated rings. The summed E-state index contributed by atoms with van der Waals surface area (Å²) in [5, 5.41) is 10.8. The predicted molar refractivity (Wildman–Crippen MR) is 81.2 cm³/mol. The van der Waals surface area contributed by atoms with E-state index >= 15 is 0 Å². The maximum atomic E-state index is 8.71. The molecule has 1 aromatic rings. The molecule has 104 valence electrons. The van der Waals surface area contributed by atoms with Crippen LogP contribution in [0.1, 0.15) is 49.0 Å². The van der Waals surface area contributed by atoms with Gasteiger partial charge in [-0.25, -0.2) is 0 Å². The lowest BCUT2D eigenvalue weighted by atomic mass is 9.94. The lowest BCUT2D eigenvalue weighted by Gasteiger charge is -2.30. The van der Waals surface area contributed by atoms with Gasteiger partial charge in [0.25, 0.3) is 0 Å². The van der Waals surface area contributed by atoms with E-state index in [1.54, 1.807) is 11.3 Å². The van der Waals surface area contributed by atoms with Crippen LogP contribution in [0.25, 0.3) is 0 Å². The van der Waals surface area contributed by atoms with Crippen LogP contribution >= 0.6 is 11.3 Å². The van der Waals surface area contributed by atoms with E-state index in [1.165, 1.54) is 37.0 Å². The molecule has 3 heteroatoms. The van der Waals surface area contributed by atoms with Crippen LogP contribution in [-0.4, -0.2) is 29.7 Å². The molecule has 1 aliphatic rings. The van der Waals surface area contributed by atoms with Crippen LogP contribution in [0.15, 0.2) is 11.4 Å². The molecule has 0 radical (unpaired) electrons. The van der Waals surface area contributed by atoms with E-state index in [2.05, 4.69) is 35.2 Å². The topological polar surface area (TPSA) is 23.5 Å². The van der Waals surface area contributed by atoms with Crippen molar-refractivity contribution < 1.29 is 5.11 Å². The highest BCUT2D eigenvalue weighted by molar-refractivity contribution is 7.10. The highest BCUT2D eigenvalue weighted by Gasteiger charge is 2.18. The van der Waals surface area contributed by atoms with Crippen molar-refractivity contribution in [2.24, 2.45) is 0 Å². The van der Waals surface area contributed by atoms with Gasteiger partial charge in [0, 0.05) is 34.8 Å². The molecule has 0 atom stereocenters. The lowest BCUT2D eigenvalue weighted by Crippen LogP contribution is -2.32. The van der Waals surface area contributed by atoms with Crippen molar-refractivity contribution in [2.75, 3.05) is 13.7 Å². The Hall–Kier alpha value is -0.820. The van der Waals surface area contributed by atoms with Crippen LogP contribution in [0.4, 0.5) is 0 Å². The average molecular weight is 277 g/mol. The van der Waals surface area contributed by atoms with Crippen LogP contribution in [0.5, 0.6) is 0 Å². The van der Waals surface area contributed by atoms with E-state index in [4.69, 9.17) is 5.11 Å². The Morgan fingerprint density at radius 3 is 2.89 bits per heavy atom. The summed E-state index contributed by atoms with van der Waals surface area (Å²) in [6.45, 7) is 1.19. The molecule has 0 amide bonds. The van der Waals surface area contributed by atoms with E-state index in [-0.39, 0.29) is 6.61 Å². The molecule has 19 heavy (non-hydrogen) atoms. The number of aliphatic hydroxyl groups excluding tert-OH is 1. The zero-order valence-electron chi connectivity index (χ0n) is 11.7. The van der Waals surface area contributed by atoms with Gasteiger partial charge in [-0.3, -0.25) is 4.90 Å². The van der Waals surface area contributed by atoms with Crippen molar-refractivity contribution in [2.45, 2.75) is 51.1 Å². The molecule has 0 spiro atoms. The minimum absolute atomic E-state index is 0.147. The van der Waals surface area contributed by atoms with Gasteiger partial charge in [-0.05, 0) is 26.0 Å². The van der Waals surface area contributed by atoms with Crippen molar-refractivity contribution in [1.29, 1.82) is 0 Å². The second-order valence-electron chi connectivity index (χ2n) is 5.28. The Labute approximate surface area is 120 Å². The molecular weight excluding hydrogens is 254 g/mol. The zero-order chi connectivity index (χ0) is 13.5. The summed E-state index contributed by atoms with van der Waals surface area (Å²) in [5.41, 5.74) is 1.09. The van der Waals surface area contributed by atoms with Gasteiger partial charge in [0.15, 0.2) is 0 Å². The maximum absolute atomic E-state index is 8.71. The van der Waals surface area contributed by atoms with Crippen molar-refractivity contribution in [3.8, 4) is 11.8 Å². The number of thiophene rings is 1. The summed E-state index contributed by atoms with van der Waals surface area (Å²) in [5.74, 6) is 6.08. The first kappa shape index (κ1) is 14.6.